The molecular formula is C21H23N3O6. The number of carbonyl (C=O) groups is 3. The normalized spacial score (nSPS) is 11.5. The van der Waals surface area contributed by atoms with Crippen LogP contribution in [0.5, 0.6) is 0 Å². The third-order valence-corrected chi connectivity index (χ3v) is 4.32. The average Bonchev–Trinajstić information content (AvgIpc) is 2.72. The van der Waals surface area contributed by atoms with Gasteiger partial charge in [-0.25, -0.2) is 4.79 Å². The second-order valence-electron chi connectivity index (χ2n) is 6.87. The number of amides is 1. The topological polar surface area (TPSA) is 128 Å². The van der Waals surface area contributed by atoms with Gasteiger partial charge in [-0.1, -0.05) is 13.8 Å². The number of ether oxygens (including phenoxy) is 1. The smallest absolute Gasteiger partial charge is 0.341 e. The molecule has 0 spiro atoms. The lowest BCUT2D eigenvalue weighted by Crippen LogP contribution is -2.25. The Hall–Kier alpha value is -3.75. The molecule has 0 saturated heterocycles. The van der Waals surface area contributed by atoms with E-state index in [0.29, 0.717) is 16.9 Å². The van der Waals surface area contributed by atoms with Gasteiger partial charge in [-0.05, 0) is 37.3 Å². The van der Waals surface area contributed by atoms with Gasteiger partial charge >= 0.3 is 5.97 Å². The van der Waals surface area contributed by atoms with E-state index in [0.717, 1.165) is 6.07 Å². The molecule has 2 aromatic carbocycles. The van der Waals surface area contributed by atoms with Crippen LogP contribution in [-0.2, 0) is 9.53 Å². The summed E-state index contributed by atoms with van der Waals surface area (Å²) < 4.78 is 5.24. The molecule has 1 amide bonds. The molecule has 0 fully saturated rings. The summed E-state index contributed by atoms with van der Waals surface area (Å²) in [4.78, 5) is 47.2. The van der Waals surface area contributed by atoms with E-state index in [1.807, 2.05) is 0 Å². The van der Waals surface area contributed by atoms with Gasteiger partial charge in [0, 0.05) is 42.0 Å². The minimum atomic E-state index is -1.11. The van der Waals surface area contributed by atoms with E-state index in [4.69, 9.17) is 4.74 Å². The molecule has 0 radical (unpaired) electrons. The van der Waals surface area contributed by atoms with Gasteiger partial charge in [-0.15, -0.1) is 0 Å². The number of non-ortho nitro benzene ring substituents is 1. The van der Waals surface area contributed by atoms with E-state index in [-0.39, 0.29) is 23.1 Å². The van der Waals surface area contributed by atoms with E-state index in [1.54, 1.807) is 33.0 Å². The van der Waals surface area contributed by atoms with Gasteiger partial charge in [0.05, 0.1) is 10.5 Å². The zero-order valence-electron chi connectivity index (χ0n) is 17.1. The molecule has 9 heteroatoms. The number of ketones is 1. The molecule has 0 bridgehead atoms. The van der Waals surface area contributed by atoms with Gasteiger partial charge < -0.3 is 15.4 Å². The number of rotatable bonds is 8. The summed E-state index contributed by atoms with van der Waals surface area (Å²) in [6.07, 6.45) is -1.11. The third kappa shape index (κ3) is 5.40. The van der Waals surface area contributed by atoms with Gasteiger partial charge in [-0.3, -0.25) is 19.7 Å². The van der Waals surface area contributed by atoms with Crippen molar-refractivity contribution in [3.8, 4) is 0 Å². The Morgan fingerprint density at radius 3 is 2.20 bits per heavy atom. The van der Waals surface area contributed by atoms with Crippen LogP contribution in [0.2, 0.25) is 0 Å². The zero-order chi connectivity index (χ0) is 22.4. The van der Waals surface area contributed by atoms with Crippen molar-refractivity contribution in [2.45, 2.75) is 26.9 Å². The summed E-state index contributed by atoms with van der Waals surface area (Å²) in [5, 5.41) is 16.5. The van der Waals surface area contributed by atoms with Crippen LogP contribution in [0, 0.1) is 16.0 Å². The molecule has 0 aliphatic carbocycles. The Balaban J connectivity index is 2.12. The first-order valence-electron chi connectivity index (χ1n) is 9.26. The summed E-state index contributed by atoms with van der Waals surface area (Å²) >= 11 is 0. The van der Waals surface area contributed by atoms with Crippen molar-refractivity contribution in [3.63, 3.8) is 0 Å². The molecule has 0 saturated carbocycles. The fraction of sp³-hybridized carbons (Fsp3) is 0.286. The highest BCUT2D eigenvalue weighted by Gasteiger charge is 2.23. The fourth-order valence-electron chi connectivity index (χ4n) is 2.55. The largest absolute Gasteiger partial charge is 0.451 e. The van der Waals surface area contributed by atoms with E-state index >= 15 is 0 Å². The van der Waals surface area contributed by atoms with Crippen molar-refractivity contribution >= 4 is 34.7 Å². The van der Waals surface area contributed by atoms with Gasteiger partial charge in [0.25, 0.3) is 5.69 Å². The Labute approximate surface area is 173 Å². The predicted molar refractivity (Wildman–Crippen MR) is 112 cm³/mol. The van der Waals surface area contributed by atoms with Crippen LogP contribution in [0.1, 0.15) is 41.5 Å². The third-order valence-electron chi connectivity index (χ3n) is 4.32. The van der Waals surface area contributed by atoms with Gasteiger partial charge in [0.15, 0.2) is 6.10 Å². The van der Waals surface area contributed by atoms with Gasteiger partial charge in [-0.2, -0.15) is 0 Å². The molecule has 0 aromatic heterocycles. The lowest BCUT2D eigenvalue weighted by molar-refractivity contribution is -0.384. The minimum absolute atomic E-state index is 0.0434. The van der Waals surface area contributed by atoms with E-state index in [9.17, 15) is 24.5 Å². The number of esters is 1. The number of nitro benzene ring substituents is 1. The van der Waals surface area contributed by atoms with Crippen LogP contribution in [-0.4, -0.2) is 35.7 Å². The maximum atomic E-state index is 12.6. The van der Waals surface area contributed by atoms with Crippen molar-refractivity contribution in [2.24, 2.45) is 5.92 Å². The van der Waals surface area contributed by atoms with Crippen molar-refractivity contribution in [3.05, 3.63) is 63.7 Å². The summed E-state index contributed by atoms with van der Waals surface area (Å²) in [6.45, 7) is 4.96. The standard InChI is InChI=1S/C21H23N3O6/c1-12(2)20(26)23-15-7-5-14(6-8-15)19(25)13(3)30-21(27)17-11-16(24(28)29)9-10-18(17)22-4/h5-13,22H,1-4H3,(H,23,26)/t13-/m0/s1. The molecule has 9 nitrogen and oxygen atoms in total. The molecule has 2 N–H and O–H groups in total. The summed E-state index contributed by atoms with van der Waals surface area (Å²) in [5.41, 5.74) is 0.878. The minimum Gasteiger partial charge on any atom is -0.451 e. The molecule has 0 heterocycles. The van der Waals surface area contributed by atoms with Crippen molar-refractivity contribution in [1.29, 1.82) is 0 Å². The molecule has 0 unspecified atom stereocenters. The average molecular weight is 413 g/mol. The van der Waals surface area contributed by atoms with Crippen LogP contribution >= 0.6 is 0 Å². The molecular weight excluding hydrogens is 390 g/mol. The first-order valence-corrected chi connectivity index (χ1v) is 9.26. The molecule has 2 aromatic rings. The van der Waals surface area contributed by atoms with Crippen LogP contribution in [0.3, 0.4) is 0 Å². The number of benzene rings is 2. The maximum absolute atomic E-state index is 12.6. The summed E-state index contributed by atoms with van der Waals surface area (Å²) in [5.74, 6) is -1.62. The second-order valence-corrected chi connectivity index (χ2v) is 6.87. The van der Waals surface area contributed by atoms with E-state index < -0.39 is 22.8 Å². The number of nitrogens with zero attached hydrogens (tertiary/aromatic N) is 1. The van der Waals surface area contributed by atoms with Crippen LogP contribution in [0.4, 0.5) is 17.1 Å². The van der Waals surface area contributed by atoms with Crippen molar-refractivity contribution in [2.75, 3.05) is 17.7 Å². The van der Waals surface area contributed by atoms with Gasteiger partial charge in [0.1, 0.15) is 0 Å². The maximum Gasteiger partial charge on any atom is 0.341 e. The number of carbonyl (C=O) groups excluding carboxylic acids is 3. The van der Waals surface area contributed by atoms with E-state index in [2.05, 4.69) is 10.6 Å². The number of hydrogen-bond acceptors (Lipinski definition) is 7. The highest BCUT2D eigenvalue weighted by molar-refractivity contribution is 6.03. The number of hydrogen-bond donors (Lipinski definition) is 2. The molecule has 0 aliphatic heterocycles. The summed E-state index contributed by atoms with van der Waals surface area (Å²) in [6, 6.07) is 9.97. The monoisotopic (exact) mass is 413 g/mol. The van der Waals surface area contributed by atoms with Gasteiger partial charge in [0.2, 0.25) is 11.7 Å². The van der Waals surface area contributed by atoms with Crippen LogP contribution in [0.15, 0.2) is 42.5 Å². The Morgan fingerprint density at radius 2 is 1.67 bits per heavy atom. The zero-order valence-corrected chi connectivity index (χ0v) is 17.1. The quantitative estimate of drug-likeness (QED) is 0.292. The van der Waals surface area contributed by atoms with E-state index in [1.165, 1.54) is 31.2 Å². The van der Waals surface area contributed by atoms with Crippen molar-refractivity contribution < 1.29 is 24.0 Å². The molecule has 30 heavy (non-hydrogen) atoms. The second kappa shape index (κ2) is 9.64. The molecule has 1 atom stereocenters. The highest BCUT2D eigenvalue weighted by atomic mass is 16.6. The Morgan fingerprint density at radius 1 is 1.03 bits per heavy atom. The Kier molecular flexibility index (Phi) is 7.24. The van der Waals surface area contributed by atoms with Crippen LogP contribution < -0.4 is 10.6 Å². The number of nitrogens with one attached hydrogen (secondary N) is 2. The number of anilines is 2. The van der Waals surface area contributed by atoms with Crippen molar-refractivity contribution in [1.82, 2.24) is 0 Å². The lowest BCUT2D eigenvalue weighted by atomic mass is 10.1. The fourth-order valence-corrected chi connectivity index (χ4v) is 2.55. The van der Waals surface area contributed by atoms with Crippen LogP contribution in [0.25, 0.3) is 0 Å². The Bertz CT molecular complexity index is 969. The molecule has 158 valence electrons. The first-order chi connectivity index (χ1) is 14.1. The lowest BCUT2D eigenvalue weighted by Gasteiger charge is -2.14. The first kappa shape index (κ1) is 22.5. The number of Topliss-reactive ketones (excluding diaryl/α,β-unsaturated/α-hetero) is 1. The molecule has 2 rings (SSSR count). The number of nitro groups is 1. The SMILES string of the molecule is CNc1ccc([N+](=O)[O-])cc1C(=O)O[C@@H](C)C(=O)c1ccc(NC(=O)C(C)C)cc1. The summed E-state index contributed by atoms with van der Waals surface area (Å²) in [7, 11) is 1.56. The predicted octanol–water partition coefficient (Wildman–Crippen LogP) is 3.66. The molecule has 0 aliphatic rings. The highest BCUT2D eigenvalue weighted by Crippen LogP contribution is 2.23.